The molecule has 0 aliphatic heterocycles. The third-order valence-electron chi connectivity index (χ3n) is 6.12. The van der Waals surface area contributed by atoms with Crippen LogP contribution in [-0.2, 0) is 0 Å². The molecule has 1 heterocycles. The highest BCUT2D eigenvalue weighted by Crippen LogP contribution is 2.55. The molecule has 6 nitrogen and oxygen atoms in total. The van der Waals surface area contributed by atoms with Crippen molar-refractivity contribution in [2.75, 3.05) is 7.11 Å². The molecule has 1 N–H and O–H groups in total. The predicted molar refractivity (Wildman–Crippen MR) is 128 cm³/mol. The Bertz CT molecular complexity index is 994. The molecule has 164 valence electrons. The summed E-state index contributed by atoms with van der Waals surface area (Å²) in [4.78, 5) is 17.3. The van der Waals surface area contributed by atoms with Gasteiger partial charge in [-0.2, -0.15) is 5.26 Å². The van der Waals surface area contributed by atoms with Gasteiger partial charge in [0.2, 0.25) is 0 Å². The molecule has 0 radical (unpaired) electrons. The molecule has 3 rings (SSSR count). The first-order chi connectivity index (χ1) is 14.5. The van der Waals surface area contributed by atoms with Crippen molar-refractivity contribution in [1.82, 2.24) is 10.3 Å². The number of carbonyl (C=O) groups is 1. The Morgan fingerprint density at radius 2 is 1.90 bits per heavy atom. The van der Waals surface area contributed by atoms with E-state index in [1.54, 1.807) is 24.4 Å². The van der Waals surface area contributed by atoms with E-state index >= 15 is 0 Å². The number of amides is 1. The maximum absolute atomic E-state index is 12.9. The minimum atomic E-state index is -0.301. The van der Waals surface area contributed by atoms with Gasteiger partial charge >= 0.3 is 0 Å². The van der Waals surface area contributed by atoms with Gasteiger partial charge in [0.25, 0.3) is 5.91 Å². The molecule has 1 aliphatic rings. The molecule has 0 saturated heterocycles. The number of ether oxygens (including phenoxy) is 2. The van der Waals surface area contributed by atoms with Crippen molar-refractivity contribution >= 4 is 28.5 Å². The Balaban J connectivity index is 1.75. The number of aromatic nitrogens is 1. The van der Waals surface area contributed by atoms with E-state index in [-0.39, 0.29) is 32.8 Å². The molecule has 1 atom stereocenters. The van der Waals surface area contributed by atoms with Crippen LogP contribution < -0.4 is 14.8 Å². The van der Waals surface area contributed by atoms with E-state index < -0.39 is 0 Å². The lowest BCUT2D eigenvalue weighted by Gasteiger charge is -2.63. The number of alkyl halides is 1. The lowest BCUT2D eigenvalue weighted by molar-refractivity contribution is -0.164. The second kappa shape index (κ2) is 8.65. The van der Waals surface area contributed by atoms with Crippen LogP contribution >= 0.6 is 22.6 Å². The smallest absolute Gasteiger partial charge is 0.253 e. The van der Waals surface area contributed by atoms with E-state index in [0.717, 1.165) is 5.69 Å². The van der Waals surface area contributed by atoms with Crippen molar-refractivity contribution in [2.45, 2.75) is 50.7 Å². The third-order valence-corrected chi connectivity index (χ3v) is 6.76. The minimum absolute atomic E-state index is 0.0825. The topological polar surface area (TPSA) is 84.2 Å². The van der Waals surface area contributed by atoms with Gasteiger partial charge in [0.05, 0.1) is 27.9 Å². The lowest BCUT2D eigenvalue weighted by atomic mass is 9.49. The van der Waals surface area contributed by atoms with Crippen LogP contribution in [0.25, 0.3) is 0 Å². The molecule has 1 fully saturated rings. The Labute approximate surface area is 197 Å². The highest BCUT2D eigenvalue weighted by molar-refractivity contribution is 14.1. The van der Waals surface area contributed by atoms with Gasteiger partial charge in [-0.15, -0.1) is 0 Å². The van der Waals surface area contributed by atoms with Crippen molar-refractivity contribution in [3.8, 4) is 17.6 Å². The van der Waals surface area contributed by atoms with E-state index in [0.29, 0.717) is 22.6 Å². The van der Waals surface area contributed by atoms with Crippen molar-refractivity contribution in [3.63, 3.8) is 0 Å². The summed E-state index contributed by atoms with van der Waals surface area (Å²) in [6.45, 7) is 10.4. The van der Waals surface area contributed by atoms with Crippen molar-refractivity contribution < 1.29 is 14.3 Å². The fraction of sp³-hybridized carbons (Fsp3) is 0.458. The number of halogens is 1. The molecule has 31 heavy (non-hydrogen) atoms. The number of nitrogens with zero attached hydrogens (tertiary/aromatic N) is 2. The summed E-state index contributed by atoms with van der Waals surface area (Å²) >= 11 is 2.30. The monoisotopic (exact) mass is 533 g/mol. The van der Waals surface area contributed by atoms with Crippen LogP contribution in [0.4, 0.5) is 0 Å². The van der Waals surface area contributed by atoms with Gasteiger partial charge < -0.3 is 14.8 Å². The summed E-state index contributed by atoms with van der Waals surface area (Å²) in [7, 11) is 1.53. The van der Waals surface area contributed by atoms with Crippen molar-refractivity contribution in [1.29, 1.82) is 5.26 Å². The predicted octanol–water partition coefficient (Wildman–Crippen LogP) is 5.07. The highest BCUT2D eigenvalue weighted by Gasteiger charge is 2.64. The zero-order valence-corrected chi connectivity index (χ0v) is 20.9. The molecular weight excluding hydrogens is 505 g/mol. The normalized spacial score (nSPS) is 21.9. The van der Waals surface area contributed by atoms with Gasteiger partial charge in [-0.25, -0.2) is 0 Å². The van der Waals surface area contributed by atoms with Crippen LogP contribution in [0, 0.1) is 22.2 Å². The molecule has 1 saturated carbocycles. The first-order valence-electron chi connectivity index (χ1n) is 10.2. The van der Waals surface area contributed by atoms with Crippen LogP contribution in [0.3, 0.4) is 0 Å². The first-order valence-corrected chi connectivity index (χ1v) is 11.4. The molecular formula is C24H28IN3O3. The standard InChI is InChI=1S/C24H28IN3O3/c1-14(25)18-10-8-16(13-27-18)20(29)28-21-23(2,3)22(24(21,4)5)31-17-9-7-15(12-26)19(11-17)30-6/h7-11,13-14,21-22H,1-6H3,(H,28,29). The summed E-state index contributed by atoms with van der Waals surface area (Å²) < 4.78 is 11.9. The summed E-state index contributed by atoms with van der Waals surface area (Å²) in [5.74, 6) is 0.987. The van der Waals surface area contributed by atoms with E-state index in [2.05, 4.69) is 73.6 Å². The molecule has 7 heteroatoms. The number of nitrogens with one attached hydrogen (secondary N) is 1. The van der Waals surface area contributed by atoms with Crippen LogP contribution in [0.1, 0.15) is 60.2 Å². The number of hydrogen-bond acceptors (Lipinski definition) is 5. The largest absolute Gasteiger partial charge is 0.495 e. The summed E-state index contributed by atoms with van der Waals surface area (Å²) in [5.41, 5.74) is 1.36. The van der Waals surface area contributed by atoms with E-state index in [9.17, 15) is 10.1 Å². The van der Waals surface area contributed by atoms with Crippen LogP contribution in [0.5, 0.6) is 11.5 Å². The van der Waals surface area contributed by atoms with Gasteiger partial charge in [-0.3, -0.25) is 9.78 Å². The molecule has 2 aromatic rings. The summed E-state index contributed by atoms with van der Waals surface area (Å²) in [5, 5.41) is 12.4. The summed E-state index contributed by atoms with van der Waals surface area (Å²) in [6.07, 6.45) is 1.50. The second-order valence-corrected chi connectivity index (χ2v) is 11.0. The Kier molecular flexibility index (Phi) is 6.51. The van der Waals surface area contributed by atoms with Gasteiger partial charge in [0, 0.05) is 29.1 Å². The molecule has 1 unspecified atom stereocenters. The Morgan fingerprint density at radius 1 is 1.23 bits per heavy atom. The highest BCUT2D eigenvalue weighted by atomic mass is 127. The number of carbonyl (C=O) groups excluding carboxylic acids is 1. The number of nitriles is 1. The maximum atomic E-state index is 12.9. The molecule has 1 amide bonds. The Hall–Kier alpha value is -2.34. The summed E-state index contributed by atoms with van der Waals surface area (Å²) in [6, 6.07) is 10.9. The second-order valence-electron chi connectivity index (χ2n) is 9.11. The molecule has 1 aromatic heterocycles. The maximum Gasteiger partial charge on any atom is 0.253 e. The van der Waals surface area contributed by atoms with Crippen molar-refractivity contribution in [2.24, 2.45) is 10.8 Å². The van der Waals surface area contributed by atoms with Gasteiger partial charge in [-0.05, 0) is 31.2 Å². The zero-order valence-electron chi connectivity index (χ0n) is 18.7. The quantitative estimate of drug-likeness (QED) is 0.414. The average molecular weight is 533 g/mol. The van der Waals surface area contributed by atoms with Gasteiger partial charge in [0.15, 0.2) is 0 Å². The fourth-order valence-corrected chi connectivity index (χ4v) is 5.13. The SMILES string of the molecule is COc1cc(OC2C(C)(C)C(NC(=O)c3ccc(C(C)I)nc3)C2(C)C)ccc1C#N. The van der Waals surface area contributed by atoms with Crippen LogP contribution in [-0.4, -0.2) is 30.1 Å². The average Bonchev–Trinajstić information content (AvgIpc) is 2.74. The van der Waals surface area contributed by atoms with E-state index in [1.165, 1.54) is 7.11 Å². The first kappa shape index (κ1) is 23.3. The van der Waals surface area contributed by atoms with Gasteiger partial charge in [0.1, 0.15) is 23.7 Å². The van der Waals surface area contributed by atoms with E-state index in [4.69, 9.17) is 9.47 Å². The van der Waals surface area contributed by atoms with Gasteiger partial charge in [-0.1, -0.05) is 50.3 Å². The number of pyridine rings is 1. The molecule has 1 aromatic carbocycles. The number of rotatable bonds is 6. The molecule has 0 spiro atoms. The van der Waals surface area contributed by atoms with Crippen LogP contribution in [0.15, 0.2) is 36.5 Å². The molecule has 1 aliphatic carbocycles. The lowest BCUT2D eigenvalue weighted by Crippen LogP contribution is -2.74. The number of methoxy groups -OCH3 is 1. The number of hydrogen-bond donors (Lipinski definition) is 1. The fourth-order valence-electron chi connectivity index (χ4n) is 4.76. The van der Waals surface area contributed by atoms with E-state index in [1.807, 2.05) is 12.1 Å². The van der Waals surface area contributed by atoms with Crippen LogP contribution in [0.2, 0.25) is 0 Å². The zero-order chi connectivity index (χ0) is 23.0. The van der Waals surface area contributed by atoms with Crippen molar-refractivity contribution in [3.05, 3.63) is 53.3 Å². The number of benzene rings is 1. The Morgan fingerprint density at radius 3 is 2.42 bits per heavy atom. The third kappa shape index (κ3) is 4.36. The minimum Gasteiger partial charge on any atom is -0.495 e. The molecule has 0 bridgehead atoms.